The monoisotopic (exact) mass is 357 g/mol. The molecule has 0 aliphatic rings. The molecular formula is C19H27N5O2. The van der Waals surface area contributed by atoms with Crippen LogP contribution in [0, 0.1) is 22.0 Å². The van der Waals surface area contributed by atoms with Crippen molar-refractivity contribution >= 4 is 17.3 Å². The summed E-state index contributed by atoms with van der Waals surface area (Å²) in [7, 11) is 0. The minimum Gasteiger partial charge on any atom is -0.360 e. The van der Waals surface area contributed by atoms with Crippen molar-refractivity contribution in [3.8, 4) is 0 Å². The second-order valence-electron chi connectivity index (χ2n) is 7.18. The molecule has 0 fully saturated rings. The zero-order valence-electron chi connectivity index (χ0n) is 15.8. The normalized spacial score (nSPS) is 11.0. The molecule has 0 aliphatic heterocycles. The maximum Gasteiger partial charge on any atom is 0.353 e. The summed E-state index contributed by atoms with van der Waals surface area (Å²) in [5.41, 5.74) is 0.966. The van der Waals surface area contributed by atoms with Crippen LogP contribution >= 0.6 is 0 Å². The number of nitrogens with zero attached hydrogens (tertiary/aromatic N) is 4. The number of anilines is 2. The van der Waals surface area contributed by atoms with Crippen LogP contribution in [0.3, 0.4) is 0 Å². The van der Waals surface area contributed by atoms with Gasteiger partial charge in [-0.2, -0.15) is 0 Å². The summed E-state index contributed by atoms with van der Waals surface area (Å²) in [5, 5.41) is 14.9. The Morgan fingerprint density at radius 2 is 1.69 bits per heavy atom. The molecule has 140 valence electrons. The van der Waals surface area contributed by atoms with Gasteiger partial charge in [-0.05, 0) is 17.4 Å². The fourth-order valence-corrected chi connectivity index (χ4v) is 2.81. The van der Waals surface area contributed by atoms with E-state index in [-0.39, 0.29) is 11.5 Å². The van der Waals surface area contributed by atoms with E-state index >= 15 is 0 Å². The number of hydrogen-bond donors (Lipinski definition) is 1. The summed E-state index contributed by atoms with van der Waals surface area (Å²) in [4.78, 5) is 21.8. The van der Waals surface area contributed by atoms with Crippen LogP contribution in [-0.4, -0.2) is 28.0 Å². The minimum absolute atomic E-state index is 0.0651. The van der Waals surface area contributed by atoms with E-state index in [0.717, 1.165) is 5.56 Å². The van der Waals surface area contributed by atoms with Crippen LogP contribution in [0.25, 0.3) is 0 Å². The molecule has 1 heterocycles. The molecule has 2 rings (SSSR count). The van der Waals surface area contributed by atoms with Crippen LogP contribution in [0.2, 0.25) is 0 Å². The fraction of sp³-hybridized carbons (Fsp3) is 0.474. The van der Waals surface area contributed by atoms with Gasteiger partial charge in [-0.25, -0.2) is 9.97 Å². The number of hydrogen-bond acceptors (Lipinski definition) is 6. The Morgan fingerprint density at radius 3 is 2.23 bits per heavy atom. The molecule has 2 aromatic rings. The Labute approximate surface area is 154 Å². The zero-order valence-corrected chi connectivity index (χ0v) is 15.8. The molecule has 0 bridgehead atoms. The first-order chi connectivity index (χ1) is 12.4. The van der Waals surface area contributed by atoms with E-state index in [0.29, 0.717) is 37.3 Å². The Bertz CT molecular complexity index is 709. The molecule has 0 saturated heterocycles. The van der Waals surface area contributed by atoms with E-state index in [2.05, 4.69) is 43.0 Å². The number of aromatic nitrogens is 2. The lowest BCUT2D eigenvalue weighted by atomic mass is 10.1. The van der Waals surface area contributed by atoms with Crippen LogP contribution < -0.4 is 10.2 Å². The molecular weight excluding hydrogens is 330 g/mol. The van der Waals surface area contributed by atoms with Crippen LogP contribution in [0.15, 0.2) is 36.7 Å². The maximum absolute atomic E-state index is 11.8. The molecule has 0 spiro atoms. The number of benzene rings is 1. The number of nitrogens with one attached hydrogen (secondary N) is 1. The van der Waals surface area contributed by atoms with Gasteiger partial charge in [0.2, 0.25) is 11.6 Å². The zero-order chi connectivity index (χ0) is 19.1. The van der Waals surface area contributed by atoms with Crippen molar-refractivity contribution < 1.29 is 4.92 Å². The molecule has 1 aromatic carbocycles. The van der Waals surface area contributed by atoms with E-state index < -0.39 is 4.92 Å². The number of nitro groups is 1. The van der Waals surface area contributed by atoms with E-state index in [1.165, 1.54) is 6.33 Å². The highest BCUT2D eigenvalue weighted by Gasteiger charge is 2.27. The summed E-state index contributed by atoms with van der Waals surface area (Å²) >= 11 is 0. The van der Waals surface area contributed by atoms with Gasteiger partial charge in [0.25, 0.3) is 0 Å². The largest absolute Gasteiger partial charge is 0.360 e. The van der Waals surface area contributed by atoms with Gasteiger partial charge in [0, 0.05) is 19.6 Å². The van der Waals surface area contributed by atoms with E-state index in [1.807, 2.05) is 35.2 Å². The molecule has 1 N–H and O–H groups in total. The molecule has 1 aromatic heterocycles. The summed E-state index contributed by atoms with van der Waals surface area (Å²) < 4.78 is 0. The van der Waals surface area contributed by atoms with Crippen LogP contribution in [0.4, 0.5) is 17.3 Å². The highest BCUT2D eigenvalue weighted by Crippen LogP contribution is 2.32. The van der Waals surface area contributed by atoms with Crippen molar-refractivity contribution in [2.75, 3.05) is 23.3 Å². The number of rotatable bonds is 9. The summed E-state index contributed by atoms with van der Waals surface area (Å²) in [6.45, 7) is 10.2. The van der Waals surface area contributed by atoms with Crippen molar-refractivity contribution in [1.29, 1.82) is 0 Å². The lowest BCUT2D eigenvalue weighted by Gasteiger charge is -2.27. The van der Waals surface area contributed by atoms with Gasteiger partial charge >= 0.3 is 5.69 Å². The predicted octanol–water partition coefficient (Wildman–Crippen LogP) is 4.12. The van der Waals surface area contributed by atoms with E-state index in [4.69, 9.17) is 0 Å². The van der Waals surface area contributed by atoms with Crippen molar-refractivity contribution in [3.05, 3.63) is 52.3 Å². The van der Waals surface area contributed by atoms with Crippen LogP contribution in [0.1, 0.15) is 33.3 Å². The topological polar surface area (TPSA) is 84.2 Å². The molecule has 0 atom stereocenters. The van der Waals surface area contributed by atoms with Gasteiger partial charge in [-0.15, -0.1) is 0 Å². The SMILES string of the molecule is CC(C)CN(CC(C)C)c1ncnc(NCc2ccccc2)c1[N+](=O)[O-]. The Morgan fingerprint density at radius 1 is 1.08 bits per heavy atom. The summed E-state index contributed by atoms with van der Waals surface area (Å²) in [6.07, 6.45) is 1.39. The molecule has 0 radical (unpaired) electrons. The first-order valence-electron chi connectivity index (χ1n) is 8.90. The van der Waals surface area contributed by atoms with Gasteiger partial charge in [-0.1, -0.05) is 58.0 Å². The molecule has 7 nitrogen and oxygen atoms in total. The second-order valence-corrected chi connectivity index (χ2v) is 7.18. The highest BCUT2D eigenvalue weighted by molar-refractivity contribution is 5.70. The van der Waals surface area contributed by atoms with Crippen molar-refractivity contribution in [3.63, 3.8) is 0 Å². The Kier molecular flexibility index (Phi) is 6.89. The molecule has 0 saturated carbocycles. The standard InChI is InChI=1S/C19H27N5O2/c1-14(2)11-23(12-15(3)4)19-17(24(25)26)18(21-13-22-19)20-10-16-8-6-5-7-9-16/h5-9,13-15H,10-12H2,1-4H3,(H,20,21,22). The minimum atomic E-state index is -0.393. The predicted molar refractivity (Wildman–Crippen MR) is 104 cm³/mol. The highest BCUT2D eigenvalue weighted by atomic mass is 16.6. The summed E-state index contributed by atoms with van der Waals surface area (Å²) in [6, 6.07) is 9.73. The third kappa shape index (κ3) is 5.40. The van der Waals surface area contributed by atoms with Gasteiger partial charge < -0.3 is 10.2 Å². The smallest absolute Gasteiger partial charge is 0.353 e. The molecule has 7 heteroatoms. The lowest BCUT2D eigenvalue weighted by Crippen LogP contribution is -2.32. The van der Waals surface area contributed by atoms with Crippen LogP contribution in [-0.2, 0) is 6.54 Å². The first kappa shape index (κ1) is 19.6. The van der Waals surface area contributed by atoms with E-state index in [1.54, 1.807) is 0 Å². The lowest BCUT2D eigenvalue weighted by molar-refractivity contribution is -0.383. The Balaban J connectivity index is 2.34. The maximum atomic E-state index is 11.8. The third-order valence-electron chi connectivity index (χ3n) is 3.76. The van der Waals surface area contributed by atoms with Crippen LogP contribution in [0.5, 0.6) is 0 Å². The van der Waals surface area contributed by atoms with Crippen molar-refractivity contribution in [1.82, 2.24) is 9.97 Å². The van der Waals surface area contributed by atoms with E-state index in [9.17, 15) is 10.1 Å². The van der Waals surface area contributed by atoms with Crippen molar-refractivity contribution in [2.45, 2.75) is 34.2 Å². The quantitative estimate of drug-likeness (QED) is 0.537. The fourth-order valence-electron chi connectivity index (χ4n) is 2.81. The molecule has 0 amide bonds. The van der Waals surface area contributed by atoms with Gasteiger partial charge in [0.1, 0.15) is 6.33 Å². The molecule has 26 heavy (non-hydrogen) atoms. The average Bonchev–Trinajstić information content (AvgIpc) is 2.59. The second kappa shape index (κ2) is 9.12. The van der Waals surface area contributed by atoms with Gasteiger partial charge in [0.15, 0.2) is 0 Å². The summed E-state index contributed by atoms with van der Waals surface area (Å²) in [5.74, 6) is 1.36. The first-order valence-corrected chi connectivity index (χ1v) is 8.90. The Hall–Kier alpha value is -2.70. The van der Waals surface area contributed by atoms with Gasteiger partial charge in [-0.3, -0.25) is 10.1 Å². The molecule has 0 unspecified atom stereocenters. The third-order valence-corrected chi connectivity index (χ3v) is 3.76. The average molecular weight is 357 g/mol. The molecule has 0 aliphatic carbocycles. The van der Waals surface area contributed by atoms with Gasteiger partial charge in [0.05, 0.1) is 4.92 Å². The van der Waals surface area contributed by atoms with Crippen molar-refractivity contribution in [2.24, 2.45) is 11.8 Å².